The molecule has 0 radical (unpaired) electrons. The van der Waals surface area contributed by atoms with Crippen molar-refractivity contribution in [2.45, 2.75) is 71.1 Å². The van der Waals surface area contributed by atoms with E-state index in [0.717, 1.165) is 13.0 Å². The van der Waals surface area contributed by atoms with Gasteiger partial charge in [-0.15, -0.1) is 0 Å². The van der Waals surface area contributed by atoms with Crippen LogP contribution in [0.1, 0.15) is 71.1 Å². The summed E-state index contributed by atoms with van der Waals surface area (Å²) >= 11 is 0. The molecule has 0 fully saturated rings. The second kappa shape index (κ2) is 17.5. The van der Waals surface area contributed by atoms with E-state index in [1.807, 2.05) is 44.4 Å². The van der Waals surface area contributed by atoms with Crippen molar-refractivity contribution >= 4 is 11.8 Å². The van der Waals surface area contributed by atoms with Crippen molar-refractivity contribution in [1.29, 1.82) is 0 Å². The molecule has 0 aliphatic rings. The highest BCUT2D eigenvalue weighted by Crippen LogP contribution is 2.10. The Kier molecular flexibility index (Phi) is 15.3. The van der Waals surface area contributed by atoms with Gasteiger partial charge in [0.2, 0.25) is 0 Å². The molecule has 182 valence electrons. The molecule has 1 rings (SSSR count). The van der Waals surface area contributed by atoms with Gasteiger partial charge in [0.15, 0.2) is 13.2 Å². The minimum absolute atomic E-state index is 0.00319. The fourth-order valence-corrected chi connectivity index (χ4v) is 3.58. The number of nitrogens with zero attached hydrogens (tertiary/aromatic N) is 1. The van der Waals surface area contributed by atoms with E-state index in [0.29, 0.717) is 29.9 Å². The number of rotatable bonds is 19. The number of quaternary nitrogens is 1. The summed E-state index contributed by atoms with van der Waals surface area (Å²) in [7, 11) is 4.01. The van der Waals surface area contributed by atoms with Crippen LogP contribution < -0.4 is 15.4 Å². The van der Waals surface area contributed by atoms with Gasteiger partial charge in [-0.3, -0.25) is 9.59 Å². The van der Waals surface area contributed by atoms with Crippen LogP contribution in [0.5, 0.6) is 5.75 Å². The van der Waals surface area contributed by atoms with Gasteiger partial charge in [-0.05, 0) is 18.6 Å². The maximum atomic E-state index is 12.2. The summed E-state index contributed by atoms with van der Waals surface area (Å²) in [5, 5.41) is 5.90. The van der Waals surface area contributed by atoms with Crippen molar-refractivity contribution in [3.8, 4) is 5.75 Å². The summed E-state index contributed by atoms with van der Waals surface area (Å²) in [6, 6.07) is 9.28. The standard InChI is InChI=1S/C26H45N3O3/c1-4-5-6-7-8-9-10-11-12-16-19-27-25(30)22-29(2,3)21-20-28-26(31)23-32-24-17-14-13-15-18-24/h13-15,17-18H,4-12,16,19-23H2,1-3H3,(H-,27,28,30,31)/p+1. The molecular weight excluding hydrogens is 402 g/mol. The van der Waals surface area contributed by atoms with E-state index in [1.165, 1.54) is 57.8 Å². The number of unbranched alkanes of at least 4 members (excludes halogenated alkanes) is 9. The summed E-state index contributed by atoms with van der Waals surface area (Å²) in [4.78, 5) is 24.2. The second-order valence-electron chi connectivity index (χ2n) is 9.30. The molecule has 6 heteroatoms. The zero-order chi connectivity index (χ0) is 23.5. The summed E-state index contributed by atoms with van der Waals surface area (Å²) in [5.41, 5.74) is 0. The number of carbonyl (C=O) groups excluding carboxylic acids is 2. The van der Waals surface area contributed by atoms with Crippen LogP contribution in [-0.2, 0) is 9.59 Å². The van der Waals surface area contributed by atoms with Crippen LogP contribution in [0.4, 0.5) is 0 Å². The van der Waals surface area contributed by atoms with Gasteiger partial charge in [0.05, 0.1) is 27.2 Å². The predicted molar refractivity (Wildman–Crippen MR) is 132 cm³/mol. The SMILES string of the molecule is CCCCCCCCCCCCNC(=O)C[N+](C)(C)CCNC(=O)COc1ccccc1. The van der Waals surface area contributed by atoms with Crippen LogP contribution in [0.25, 0.3) is 0 Å². The average Bonchev–Trinajstić information content (AvgIpc) is 2.76. The molecule has 0 spiro atoms. The van der Waals surface area contributed by atoms with Crippen molar-refractivity contribution in [3.63, 3.8) is 0 Å². The Morgan fingerprint density at radius 3 is 1.97 bits per heavy atom. The number of para-hydroxylation sites is 1. The Labute approximate surface area is 195 Å². The van der Waals surface area contributed by atoms with Gasteiger partial charge in [0, 0.05) is 6.54 Å². The van der Waals surface area contributed by atoms with Crippen LogP contribution in [0.2, 0.25) is 0 Å². The Balaban J connectivity index is 2.01. The fourth-order valence-electron chi connectivity index (χ4n) is 3.58. The lowest BCUT2D eigenvalue weighted by Gasteiger charge is -2.29. The minimum Gasteiger partial charge on any atom is -0.484 e. The van der Waals surface area contributed by atoms with Crippen LogP contribution in [0, 0.1) is 0 Å². The first kappa shape index (κ1) is 28.0. The average molecular weight is 449 g/mol. The zero-order valence-corrected chi connectivity index (χ0v) is 20.7. The van der Waals surface area contributed by atoms with E-state index in [2.05, 4.69) is 17.6 Å². The van der Waals surface area contributed by atoms with E-state index >= 15 is 0 Å². The van der Waals surface area contributed by atoms with Gasteiger partial charge >= 0.3 is 0 Å². The van der Waals surface area contributed by atoms with E-state index in [1.54, 1.807) is 0 Å². The number of nitrogens with one attached hydrogen (secondary N) is 2. The highest BCUT2D eigenvalue weighted by atomic mass is 16.5. The summed E-state index contributed by atoms with van der Waals surface area (Å²) < 4.78 is 5.97. The quantitative estimate of drug-likeness (QED) is 0.245. The molecule has 0 saturated carbocycles. The topological polar surface area (TPSA) is 67.4 Å². The van der Waals surface area contributed by atoms with Crippen LogP contribution in [0.3, 0.4) is 0 Å². The highest BCUT2D eigenvalue weighted by Gasteiger charge is 2.19. The third-order valence-electron chi connectivity index (χ3n) is 5.58. The number of hydrogen-bond donors (Lipinski definition) is 2. The Morgan fingerprint density at radius 2 is 1.34 bits per heavy atom. The molecular formula is C26H46N3O3+. The molecule has 0 atom stereocenters. The van der Waals surface area contributed by atoms with Crippen LogP contribution >= 0.6 is 0 Å². The number of carbonyl (C=O) groups is 2. The Morgan fingerprint density at radius 1 is 0.781 bits per heavy atom. The van der Waals surface area contributed by atoms with Crippen molar-refractivity contribution in [2.24, 2.45) is 0 Å². The molecule has 32 heavy (non-hydrogen) atoms. The fraction of sp³-hybridized carbons (Fsp3) is 0.692. The molecule has 0 aromatic heterocycles. The third kappa shape index (κ3) is 15.7. The minimum atomic E-state index is -0.153. The maximum Gasteiger partial charge on any atom is 0.275 e. The summed E-state index contributed by atoms with van der Waals surface area (Å²) in [6.45, 7) is 4.61. The molecule has 0 bridgehead atoms. The lowest BCUT2D eigenvalue weighted by atomic mass is 10.1. The molecule has 0 saturated heterocycles. The first-order valence-electron chi connectivity index (χ1n) is 12.5. The van der Waals surface area contributed by atoms with Crippen LogP contribution in [-0.4, -0.2) is 63.2 Å². The molecule has 2 amide bonds. The largest absolute Gasteiger partial charge is 0.484 e. The Bertz CT molecular complexity index is 620. The first-order valence-corrected chi connectivity index (χ1v) is 12.5. The second-order valence-corrected chi connectivity index (χ2v) is 9.30. The van der Waals surface area contributed by atoms with Gasteiger partial charge in [0.1, 0.15) is 5.75 Å². The normalized spacial score (nSPS) is 11.2. The molecule has 2 N–H and O–H groups in total. The number of benzene rings is 1. The monoisotopic (exact) mass is 448 g/mol. The smallest absolute Gasteiger partial charge is 0.275 e. The lowest BCUT2D eigenvalue weighted by molar-refractivity contribution is -0.881. The predicted octanol–water partition coefficient (Wildman–Crippen LogP) is 4.30. The van der Waals surface area contributed by atoms with Crippen LogP contribution in [0.15, 0.2) is 30.3 Å². The molecule has 6 nitrogen and oxygen atoms in total. The van der Waals surface area contributed by atoms with Gasteiger partial charge in [-0.25, -0.2) is 0 Å². The van der Waals surface area contributed by atoms with Gasteiger partial charge in [-0.1, -0.05) is 82.9 Å². The van der Waals surface area contributed by atoms with Gasteiger partial charge in [0.25, 0.3) is 11.8 Å². The molecule has 1 aromatic rings. The first-order chi connectivity index (χ1) is 15.4. The number of hydrogen-bond acceptors (Lipinski definition) is 3. The van der Waals surface area contributed by atoms with Crippen molar-refractivity contribution in [3.05, 3.63) is 30.3 Å². The highest BCUT2D eigenvalue weighted by molar-refractivity contribution is 5.77. The van der Waals surface area contributed by atoms with E-state index in [-0.39, 0.29) is 18.4 Å². The van der Waals surface area contributed by atoms with Gasteiger partial charge < -0.3 is 19.9 Å². The molecule has 0 aliphatic carbocycles. The molecule has 0 unspecified atom stereocenters. The molecule has 0 heterocycles. The van der Waals surface area contributed by atoms with Crippen molar-refractivity contribution in [1.82, 2.24) is 10.6 Å². The molecule has 0 aliphatic heterocycles. The third-order valence-corrected chi connectivity index (χ3v) is 5.58. The van der Waals surface area contributed by atoms with Gasteiger partial charge in [-0.2, -0.15) is 0 Å². The maximum absolute atomic E-state index is 12.2. The number of ether oxygens (including phenoxy) is 1. The van der Waals surface area contributed by atoms with E-state index in [4.69, 9.17) is 4.74 Å². The Hall–Kier alpha value is -2.08. The van der Waals surface area contributed by atoms with E-state index in [9.17, 15) is 9.59 Å². The number of likely N-dealkylation sites (N-methyl/N-ethyl adjacent to an activating group) is 1. The van der Waals surface area contributed by atoms with Crippen molar-refractivity contribution < 1.29 is 18.8 Å². The summed E-state index contributed by atoms with van der Waals surface area (Å²) in [6.07, 6.45) is 13.0. The zero-order valence-electron chi connectivity index (χ0n) is 20.7. The van der Waals surface area contributed by atoms with Crippen molar-refractivity contribution in [2.75, 3.05) is 46.9 Å². The lowest BCUT2D eigenvalue weighted by Crippen LogP contribution is -2.51. The van der Waals surface area contributed by atoms with E-state index < -0.39 is 0 Å². The molecule has 1 aromatic carbocycles. The number of amides is 2. The summed E-state index contributed by atoms with van der Waals surface area (Å²) in [5.74, 6) is 0.599.